The molecule has 0 saturated carbocycles. The van der Waals surface area contributed by atoms with E-state index < -0.39 is 7.26 Å². The van der Waals surface area contributed by atoms with E-state index >= 15 is 0 Å². The lowest BCUT2D eigenvalue weighted by atomic mass is 10.3. The molecule has 6 rings (SSSR count). The molecule has 0 atom stereocenters. The third-order valence-electron chi connectivity index (χ3n) is 8.26. The predicted octanol–water partition coefficient (Wildman–Crippen LogP) is 0.845. The first-order chi connectivity index (χ1) is 22.5. The maximum absolute atomic E-state index is 2.30. The first kappa shape index (κ1) is 42.5. The van der Waals surface area contributed by atoms with Crippen LogP contribution in [-0.4, -0.2) is 58.3 Å². The second kappa shape index (κ2) is 20.2. The van der Waals surface area contributed by atoms with E-state index in [2.05, 4.69) is 221 Å². The Hall–Kier alpha value is -2.69. The van der Waals surface area contributed by atoms with Gasteiger partial charge in [-0.2, -0.15) is 0 Å². The first-order valence-electron chi connectivity index (χ1n) is 16.3. The lowest BCUT2D eigenvalue weighted by Gasteiger charge is -2.27. The molecule has 3 aromatic heterocycles. The van der Waals surface area contributed by atoms with Crippen LogP contribution in [0.5, 0.6) is 0 Å². The number of aromatic nitrogens is 3. The van der Waals surface area contributed by atoms with Crippen molar-refractivity contribution in [3.05, 3.63) is 163 Å². The lowest BCUT2D eigenvalue weighted by molar-refractivity contribution is -0.884. The van der Waals surface area contributed by atoms with Crippen LogP contribution in [0.3, 0.4) is 0 Å². The highest BCUT2D eigenvalue weighted by Gasteiger charge is 2.45. The number of rotatable bonds is 9. The zero-order chi connectivity index (χ0) is 33.9. The van der Waals surface area contributed by atoms with Crippen LogP contribution in [0.2, 0.25) is 0 Å². The van der Waals surface area contributed by atoms with Crippen LogP contribution in [0.4, 0.5) is 0 Å². The molecular formula is C41H54I2N5P. The van der Waals surface area contributed by atoms with E-state index in [4.69, 9.17) is 0 Å². The molecule has 0 amide bonds. The van der Waals surface area contributed by atoms with E-state index in [1.165, 1.54) is 33.0 Å². The van der Waals surface area contributed by atoms with E-state index in [9.17, 15) is 0 Å². The summed E-state index contributed by atoms with van der Waals surface area (Å²) in [5.74, 6) is 0. The Morgan fingerprint density at radius 2 is 0.837 bits per heavy atom. The summed E-state index contributed by atoms with van der Waals surface area (Å²) in [7, 11) is 15.3. The molecule has 3 aromatic carbocycles. The minimum atomic E-state index is -1.79. The van der Waals surface area contributed by atoms with Gasteiger partial charge in [0.1, 0.15) is 35.9 Å². The average molecular weight is 902 g/mol. The van der Waals surface area contributed by atoms with E-state index in [0.717, 1.165) is 23.7 Å². The Labute approximate surface area is 330 Å². The molecule has 49 heavy (non-hydrogen) atoms. The summed E-state index contributed by atoms with van der Waals surface area (Å²) in [4.78, 5) is 2.16. The fourth-order valence-electron chi connectivity index (χ4n) is 5.80. The maximum Gasteiger partial charge on any atom is 0.119 e. The Balaban J connectivity index is 0.000000301. The molecule has 0 aliphatic heterocycles. The molecule has 8 heteroatoms. The number of quaternary nitrogens is 1. The van der Waals surface area contributed by atoms with Crippen molar-refractivity contribution in [2.45, 2.75) is 19.3 Å². The molecule has 6 aromatic rings. The van der Waals surface area contributed by atoms with E-state index in [1.54, 1.807) is 0 Å². The zero-order valence-electron chi connectivity index (χ0n) is 30.4. The van der Waals surface area contributed by atoms with Gasteiger partial charge in [-0.05, 0) is 86.9 Å². The fraction of sp³-hybridized carbons (Fsp3) is 0.268. The van der Waals surface area contributed by atoms with E-state index in [-0.39, 0.29) is 48.0 Å². The first-order valence-corrected chi connectivity index (χ1v) is 18.3. The summed E-state index contributed by atoms with van der Waals surface area (Å²) in [6.45, 7) is 2.10. The summed E-state index contributed by atoms with van der Waals surface area (Å²) < 4.78 is 7.55. The monoisotopic (exact) mass is 901 g/mol. The topological polar surface area (TPSA) is 18.0 Å². The number of aryl methyl sites for hydroxylation is 3. The van der Waals surface area contributed by atoms with Gasteiger partial charge in [-0.1, -0.05) is 54.6 Å². The molecule has 0 unspecified atom stereocenters. The van der Waals surface area contributed by atoms with Crippen molar-refractivity contribution in [2.24, 2.45) is 21.1 Å². The van der Waals surface area contributed by atoms with Gasteiger partial charge in [0.2, 0.25) is 0 Å². The summed E-state index contributed by atoms with van der Waals surface area (Å²) in [6.07, 6.45) is 7.32. The molecule has 262 valence electrons. The van der Waals surface area contributed by atoms with Crippen LogP contribution in [-0.2, 0) is 40.4 Å². The number of halogens is 2. The van der Waals surface area contributed by atoms with Crippen molar-refractivity contribution in [1.82, 2.24) is 18.6 Å². The van der Waals surface area contributed by atoms with Crippen LogP contribution >= 0.6 is 7.26 Å². The minimum absolute atomic E-state index is 0. The van der Waals surface area contributed by atoms with Crippen molar-refractivity contribution in [3.63, 3.8) is 0 Å². The SMILES string of the molecule is CN(C)Cc1cccn1C.Cn1cccc1C[N+](C)(C)C.Cn1cccc1C[P+](c1ccccc1)(c1ccccc1)c1ccccc1.[I-].[I-]. The van der Waals surface area contributed by atoms with Gasteiger partial charge in [0.15, 0.2) is 0 Å². The summed E-state index contributed by atoms with van der Waals surface area (Å²) in [5.41, 5.74) is 4.11. The van der Waals surface area contributed by atoms with Crippen LogP contribution < -0.4 is 63.9 Å². The van der Waals surface area contributed by atoms with Crippen LogP contribution in [0.25, 0.3) is 0 Å². The largest absolute Gasteiger partial charge is 1.00 e. The smallest absolute Gasteiger partial charge is 0.119 e. The molecule has 5 nitrogen and oxygen atoms in total. The molecule has 3 heterocycles. The molecular weight excluding hydrogens is 847 g/mol. The number of benzene rings is 3. The van der Waals surface area contributed by atoms with Crippen molar-refractivity contribution < 1.29 is 52.4 Å². The standard InChI is InChI=1S/C24H23NP.C9H17N2.C8H14N2.2HI/c1-25-19-11-12-21(25)20-26(22-13-5-2-6-14-22,23-15-7-3-8-16-23)24-17-9-4-10-18-24;1-10-7-5-6-9(10)8-11(2,3)4;1-9(2)7-8-5-4-6-10(8)3;;/h2-19H,20H2,1H3;5-7H,8H2,1-4H3;4-6H,7H2,1-3H3;2*1H/q2*+1;;;/p-2. The summed E-state index contributed by atoms with van der Waals surface area (Å²) >= 11 is 0. The molecule has 0 spiro atoms. The fourth-order valence-corrected chi connectivity index (χ4v) is 10.1. The number of nitrogens with zero attached hydrogens (tertiary/aromatic N) is 5. The van der Waals surface area contributed by atoms with Gasteiger partial charge in [0.25, 0.3) is 0 Å². The van der Waals surface area contributed by atoms with E-state index in [0.29, 0.717) is 0 Å². The van der Waals surface area contributed by atoms with Gasteiger partial charge < -0.3 is 71.0 Å². The van der Waals surface area contributed by atoms with Crippen molar-refractivity contribution in [3.8, 4) is 0 Å². The van der Waals surface area contributed by atoms with Crippen molar-refractivity contribution in [1.29, 1.82) is 0 Å². The highest BCUT2D eigenvalue weighted by atomic mass is 127. The molecule has 0 saturated heterocycles. The third-order valence-corrected chi connectivity index (χ3v) is 12.6. The van der Waals surface area contributed by atoms with Gasteiger partial charge in [-0.25, -0.2) is 0 Å². The lowest BCUT2D eigenvalue weighted by Crippen LogP contribution is -3.00. The molecule has 0 N–H and O–H groups in total. The van der Waals surface area contributed by atoms with Crippen LogP contribution in [0, 0.1) is 0 Å². The van der Waals surface area contributed by atoms with E-state index in [1.807, 2.05) is 0 Å². The Morgan fingerprint density at radius 3 is 1.14 bits per heavy atom. The summed E-state index contributed by atoms with van der Waals surface area (Å²) in [6, 6.07) is 46.0. The molecule has 0 radical (unpaired) electrons. The van der Waals surface area contributed by atoms with Gasteiger partial charge >= 0.3 is 0 Å². The second-order valence-corrected chi connectivity index (χ2v) is 17.0. The zero-order valence-corrected chi connectivity index (χ0v) is 35.6. The second-order valence-electron chi connectivity index (χ2n) is 13.5. The van der Waals surface area contributed by atoms with Crippen molar-refractivity contribution >= 4 is 23.2 Å². The molecule has 0 bridgehead atoms. The molecule has 0 aliphatic carbocycles. The van der Waals surface area contributed by atoms with Crippen molar-refractivity contribution in [2.75, 3.05) is 35.2 Å². The Morgan fingerprint density at radius 1 is 0.490 bits per heavy atom. The minimum Gasteiger partial charge on any atom is -1.00 e. The maximum atomic E-state index is 2.30. The van der Waals surface area contributed by atoms with Gasteiger partial charge in [0, 0.05) is 52.0 Å². The Bertz CT molecular complexity index is 1660. The highest BCUT2D eigenvalue weighted by Crippen LogP contribution is 2.58. The number of hydrogen-bond donors (Lipinski definition) is 0. The number of hydrogen-bond acceptors (Lipinski definition) is 1. The third kappa shape index (κ3) is 12.2. The highest BCUT2D eigenvalue weighted by molar-refractivity contribution is 7.95. The summed E-state index contributed by atoms with van der Waals surface area (Å²) in [5, 5.41) is 4.29. The quantitative estimate of drug-likeness (QED) is 0.120. The average Bonchev–Trinajstić information content (AvgIpc) is 3.78. The van der Waals surface area contributed by atoms with Crippen LogP contribution in [0.15, 0.2) is 146 Å². The predicted molar refractivity (Wildman–Crippen MR) is 204 cm³/mol. The Kier molecular flexibility index (Phi) is 17.5. The van der Waals surface area contributed by atoms with Gasteiger partial charge in [-0.3, -0.25) is 0 Å². The molecule has 0 fully saturated rings. The van der Waals surface area contributed by atoms with Gasteiger partial charge in [0.05, 0.1) is 32.5 Å². The molecule has 0 aliphatic rings. The van der Waals surface area contributed by atoms with Crippen LogP contribution in [0.1, 0.15) is 17.1 Å². The normalized spacial score (nSPS) is 11.0. The van der Waals surface area contributed by atoms with Gasteiger partial charge in [-0.15, -0.1) is 0 Å².